The van der Waals surface area contributed by atoms with Crippen molar-refractivity contribution in [3.8, 4) is 5.75 Å². The normalized spacial score (nSPS) is 10.2. The van der Waals surface area contributed by atoms with Gasteiger partial charge < -0.3 is 10.0 Å². The van der Waals surface area contributed by atoms with Crippen molar-refractivity contribution < 1.29 is 9.90 Å². The monoisotopic (exact) mass is 270 g/mol. The molecule has 2 rings (SSSR count). The molecule has 1 amide bonds. The van der Waals surface area contributed by atoms with Gasteiger partial charge in [-0.3, -0.25) is 9.78 Å². The second-order valence-corrected chi connectivity index (χ2v) is 4.51. The first-order chi connectivity index (χ1) is 9.72. The van der Waals surface area contributed by atoms with Crippen LogP contribution in [-0.4, -0.2) is 34.0 Å². The molecule has 4 heteroatoms. The molecule has 0 saturated heterocycles. The Hall–Kier alpha value is -2.36. The number of likely N-dealkylation sites (N-methyl/N-ethyl adjacent to an activating group) is 1. The van der Waals surface area contributed by atoms with Gasteiger partial charge in [-0.25, -0.2) is 0 Å². The Kier molecular flexibility index (Phi) is 4.71. The molecule has 0 aliphatic carbocycles. The van der Waals surface area contributed by atoms with E-state index in [0.717, 1.165) is 6.42 Å². The predicted molar refractivity (Wildman–Crippen MR) is 77.6 cm³/mol. The van der Waals surface area contributed by atoms with E-state index < -0.39 is 0 Å². The highest BCUT2D eigenvalue weighted by atomic mass is 16.3. The van der Waals surface area contributed by atoms with E-state index in [4.69, 9.17) is 0 Å². The number of aromatic nitrogens is 1. The molecule has 1 aromatic carbocycles. The fourth-order valence-electron chi connectivity index (χ4n) is 2.05. The lowest BCUT2D eigenvalue weighted by Crippen LogP contribution is -2.32. The van der Waals surface area contributed by atoms with Crippen molar-refractivity contribution in [3.63, 3.8) is 0 Å². The third-order valence-corrected chi connectivity index (χ3v) is 3.21. The molecule has 0 fully saturated rings. The van der Waals surface area contributed by atoms with Gasteiger partial charge in [-0.15, -0.1) is 0 Å². The molecule has 0 atom stereocenters. The van der Waals surface area contributed by atoms with Gasteiger partial charge in [0.15, 0.2) is 0 Å². The molecular formula is C16H18N2O2. The van der Waals surface area contributed by atoms with Gasteiger partial charge in [-0.05, 0) is 25.0 Å². The zero-order chi connectivity index (χ0) is 14.4. The number of pyridine rings is 1. The molecule has 0 aliphatic heterocycles. The second kappa shape index (κ2) is 6.70. The van der Waals surface area contributed by atoms with Crippen molar-refractivity contribution in [2.24, 2.45) is 0 Å². The third kappa shape index (κ3) is 3.35. The number of rotatable bonds is 5. The molecule has 0 radical (unpaired) electrons. The van der Waals surface area contributed by atoms with Crippen LogP contribution in [0.1, 0.15) is 22.8 Å². The Morgan fingerprint density at radius 1 is 1.25 bits per heavy atom. The van der Waals surface area contributed by atoms with Gasteiger partial charge in [0.1, 0.15) is 5.75 Å². The highest BCUT2D eigenvalue weighted by Gasteiger charge is 2.17. The maximum absolute atomic E-state index is 12.4. The van der Waals surface area contributed by atoms with Crippen molar-refractivity contribution in [3.05, 3.63) is 59.9 Å². The Morgan fingerprint density at radius 3 is 2.65 bits per heavy atom. The minimum absolute atomic E-state index is 0.0735. The van der Waals surface area contributed by atoms with E-state index in [1.54, 1.807) is 11.0 Å². The van der Waals surface area contributed by atoms with Crippen LogP contribution in [0.4, 0.5) is 0 Å². The lowest BCUT2D eigenvalue weighted by atomic mass is 10.1. The summed E-state index contributed by atoms with van der Waals surface area (Å²) in [7, 11) is 0. The number of hydrogen-bond acceptors (Lipinski definition) is 3. The van der Waals surface area contributed by atoms with Gasteiger partial charge in [0, 0.05) is 19.3 Å². The lowest BCUT2D eigenvalue weighted by molar-refractivity contribution is 0.0763. The number of carbonyl (C=O) groups excluding carboxylic acids is 1. The molecule has 20 heavy (non-hydrogen) atoms. The largest absolute Gasteiger partial charge is 0.505 e. The minimum Gasteiger partial charge on any atom is -0.505 e. The maximum atomic E-state index is 12.4. The van der Waals surface area contributed by atoms with Crippen LogP contribution in [0, 0.1) is 0 Å². The third-order valence-electron chi connectivity index (χ3n) is 3.21. The highest BCUT2D eigenvalue weighted by molar-refractivity contribution is 5.96. The molecule has 0 saturated carbocycles. The number of aromatic hydroxyl groups is 1. The molecule has 0 bridgehead atoms. The van der Waals surface area contributed by atoms with Gasteiger partial charge in [0.25, 0.3) is 5.91 Å². The summed E-state index contributed by atoms with van der Waals surface area (Å²) in [5, 5.41) is 9.70. The summed E-state index contributed by atoms with van der Waals surface area (Å²) in [5.74, 6) is -0.237. The first-order valence-electron chi connectivity index (χ1n) is 6.68. The smallest absolute Gasteiger partial charge is 0.257 e. The Morgan fingerprint density at radius 2 is 2.00 bits per heavy atom. The van der Waals surface area contributed by atoms with Crippen LogP contribution >= 0.6 is 0 Å². The average Bonchev–Trinajstić information content (AvgIpc) is 2.49. The molecule has 1 heterocycles. The van der Waals surface area contributed by atoms with E-state index >= 15 is 0 Å². The number of hydrogen-bond donors (Lipinski definition) is 1. The molecule has 4 nitrogen and oxygen atoms in total. The SMILES string of the molecule is CCN(CCc1ccccc1)C(=O)c1ccncc1O. The molecular weight excluding hydrogens is 252 g/mol. The van der Waals surface area contributed by atoms with Crippen molar-refractivity contribution >= 4 is 5.91 Å². The highest BCUT2D eigenvalue weighted by Crippen LogP contribution is 2.16. The van der Waals surface area contributed by atoms with Crippen LogP contribution in [0.5, 0.6) is 5.75 Å². The first kappa shape index (κ1) is 14.1. The van der Waals surface area contributed by atoms with E-state index in [-0.39, 0.29) is 11.7 Å². The van der Waals surface area contributed by atoms with E-state index in [0.29, 0.717) is 18.7 Å². The number of amides is 1. The molecule has 2 aromatic rings. The van der Waals surface area contributed by atoms with Crippen LogP contribution in [0.3, 0.4) is 0 Å². The van der Waals surface area contributed by atoms with Gasteiger partial charge >= 0.3 is 0 Å². The summed E-state index contributed by atoms with van der Waals surface area (Å²) in [5.41, 5.74) is 1.49. The molecule has 0 spiro atoms. The Bertz CT molecular complexity index is 570. The van der Waals surface area contributed by atoms with Crippen LogP contribution in [-0.2, 0) is 6.42 Å². The standard InChI is InChI=1S/C16H18N2O2/c1-2-18(11-9-13-6-4-3-5-7-13)16(20)14-8-10-17-12-15(14)19/h3-8,10,12,19H,2,9,11H2,1H3. The van der Waals surface area contributed by atoms with E-state index in [1.165, 1.54) is 18.0 Å². The van der Waals surface area contributed by atoms with Gasteiger partial charge in [0.2, 0.25) is 0 Å². The van der Waals surface area contributed by atoms with E-state index in [9.17, 15) is 9.90 Å². The summed E-state index contributed by atoms with van der Waals surface area (Å²) >= 11 is 0. The minimum atomic E-state index is -0.164. The zero-order valence-corrected chi connectivity index (χ0v) is 11.5. The van der Waals surface area contributed by atoms with Gasteiger partial charge in [-0.1, -0.05) is 30.3 Å². The topological polar surface area (TPSA) is 53.4 Å². The fraction of sp³-hybridized carbons (Fsp3) is 0.250. The van der Waals surface area contributed by atoms with Gasteiger partial charge in [0.05, 0.1) is 11.8 Å². The summed E-state index contributed by atoms with van der Waals surface area (Å²) < 4.78 is 0. The molecule has 104 valence electrons. The predicted octanol–water partition coefficient (Wildman–Crippen LogP) is 2.49. The van der Waals surface area contributed by atoms with Crippen molar-refractivity contribution in [1.29, 1.82) is 0 Å². The number of carbonyl (C=O) groups is 1. The van der Waals surface area contributed by atoms with Crippen LogP contribution in [0.25, 0.3) is 0 Å². The zero-order valence-electron chi connectivity index (χ0n) is 11.5. The second-order valence-electron chi connectivity index (χ2n) is 4.51. The molecule has 0 unspecified atom stereocenters. The van der Waals surface area contributed by atoms with Crippen LogP contribution in [0.15, 0.2) is 48.8 Å². The summed E-state index contributed by atoms with van der Waals surface area (Å²) in [6.45, 7) is 3.16. The summed E-state index contributed by atoms with van der Waals surface area (Å²) in [6.07, 6.45) is 3.60. The average molecular weight is 270 g/mol. The fourth-order valence-corrected chi connectivity index (χ4v) is 2.05. The van der Waals surface area contributed by atoms with Crippen LogP contribution in [0.2, 0.25) is 0 Å². The lowest BCUT2D eigenvalue weighted by Gasteiger charge is -2.21. The van der Waals surface area contributed by atoms with Crippen molar-refractivity contribution in [1.82, 2.24) is 9.88 Å². The quantitative estimate of drug-likeness (QED) is 0.908. The summed E-state index contributed by atoms with van der Waals surface area (Å²) in [6, 6.07) is 11.6. The van der Waals surface area contributed by atoms with E-state index in [1.807, 2.05) is 37.3 Å². The van der Waals surface area contributed by atoms with Crippen molar-refractivity contribution in [2.45, 2.75) is 13.3 Å². The maximum Gasteiger partial charge on any atom is 0.257 e. The molecule has 1 aromatic heterocycles. The van der Waals surface area contributed by atoms with E-state index in [2.05, 4.69) is 4.98 Å². The first-order valence-corrected chi connectivity index (χ1v) is 6.68. The summed E-state index contributed by atoms with van der Waals surface area (Å²) in [4.78, 5) is 17.9. The molecule has 0 aliphatic rings. The van der Waals surface area contributed by atoms with Crippen molar-refractivity contribution in [2.75, 3.05) is 13.1 Å². The number of benzene rings is 1. The van der Waals surface area contributed by atoms with Gasteiger partial charge in [-0.2, -0.15) is 0 Å². The van der Waals surface area contributed by atoms with Crippen LogP contribution < -0.4 is 0 Å². The Balaban J connectivity index is 2.05. The number of nitrogens with zero attached hydrogens (tertiary/aromatic N) is 2. The molecule has 1 N–H and O–H groups in total. The Labute approximate surface area is 118 Å².